The van der Waals surface area contributed by atoms with E-state index in [9.17, 15) is 9.59 Å². The van der Waals surface area contributed by atoms with Crippen LogP contribution in [0.4, 0.5) is 0 Å². The number of fused-ring (bicyclic) bond motifs is 2. The van der Waals surface area contributed by atoms with Crippen LogP contribution in [0.5, 0.6) is 0 Å². The average molecular weight is 422 g/mol. The lowest BCUT2D eigenvalue weighted by atomic mass is 9.88. The fraction of sp³-hybridized carbons (Fsp3) is 0.375. The number of unbranched alkanes of at least 4 members (excludes halogenated alkanes) is 1. The molecule has 0 unspecified atom stereocenters. The summed E-state index contributed by atoms with van der Waals surface area (Å²) < 4.78 is 1.72. The molecule has 30 heavy (non-hydrogen) atoms. The zero-order valence-electron chi connectivity index (χ0n) is 17.3. The molecule has 0 radical (unpaired) electrons. The molecule has 1 N–H and O–H groups in total. The zero-order chi connectivity index (χ0) is 20.9. The van der Waals surface area contributed by atoms with Crippen LogP contribution in [0.15, 0.2) is 58.5 Å². The molecule has 1 aliphatic carbocycles. The van der Waals surface area contributed by atoms with Crippen LogP contribution in [0.1, 0.15) is 49.8 Å². The summed E-state index contributed by atoms with van der Waals surface area (Å²) in [5.41, 5.74) is 3.20. The molecule has 5 nitrogen and oxygen atoms in total. The third-order valence-corrected chi connectivity index (χ3v) is 6.58. The van der Waals surface area contributed by atoms with E-state index in [0.717, 1.165) is 32.1 Å². The molecule has 1 heterocycles. The fourth-order valence-electron chi connectivity index (χ4n) is 4.04. The predicted molar refractivity (Wildman–Crippen MR) is 122 cm³/mol. The summed E-state index contributed by atoms with van der Waals surface area (Å²) in [5.74, 6) is 0.224. The maximum atomic E-state index is 13.0. The number of hydrogen-bond donors (Lipinski definition) is 1. The lowest BCUT2D eigenvalue weighted by Gasteiger charge is -2.26. The molecule has 0 saturated carbocycles. The van der Waals surface area contributed by atoms with Gasteiger partial charge in [-0.2, -0.15) is 0 Å². The maximum Gasteiger partial charge on any atom is 0.262 e. The Morgan fingerprint density at radius 1 is 1.20 bits per heavy atom. The van der Waals surface area contributed by atoms with Gasteiger partial charge in [0, 0.05) is 6.54 Å². The van der Waals surface area contributed by atoms with E-state index in [-0.39, 0.29) is 23.3 Å². The molecular formula is C24H27N3O2S. The average Bonchev–Trinajstić information content (AvgIpc) is 2.77. The Morgan fingerprint density at radius 2 is 2.00 bits per heavy atom. The Balaban J connectivity index is 1.50. The lowest BCUT2D eigenvalue weighted by molar-refractivity contribution is -0.119. The number of thioether (sulfide) groups is 1. The van der Waals surface area contributed by atoms with E-state index in [1.54, 1.807) is 4.57 Å². The van der Waals surface area contributed by atoms with Gasteiger partial charge in [0.1, 0.15) is 0 Å². The Morgan fingerprint density at radius 3 is 2.87 bits per heavy atom. The van der Waals surface area contributed by atoms with Crippen molar-refractivity contribution < 1.29 is 4.79 Å². The molecule has 0 aliphatic heterocycles. The van der Waals surface area contributed by atoms with Crippen molar-refractivity contribution in [2.75, 3.05) is 5.75 Å². The molecule has 156 valence electrons. The first-order valence-corrected chi connectivity index (χ1v) is 11.7. The molecule has 1 atom stereocenters. The number of carbonyl (C=O) groups is 1. The number of aryl methyl sites for hydroxylation is 1. The van der Waals surface area contributed by atoms with Crippen molar-refractivity contribution in [2.45, 2.75) is 56.8 Å². The minimum atomic E-state index is -0.0295. The second-order valence-corrected chi connectivity index (χ2v) is 8.66. The zero-order valence-corrected chi connectivity index (χ0v) is 18.1. The van der Waals surface area contributed by atoms with E-state index >= 15 is 0 Å². The second kappa shape index (κ2) is 9.47. The first-order chi connectivity index (χ1) is 14.7. The van der Waals surface area contributed by atoms with Gasteiger partial charge in [-0.05, 0) is 48.9 Å². The summed E-state index contributed by atoms with van der Waals surface area (Å²) in [4.78, 5) is 30.4. The number of carbonyl (C=O) groups excluding carboxylic acids is 1. The highest BCUT2D eigenvalue weighted by atomic mass is 32.2. The number of rotatable bonds is 7. The van der Waals surface area contributed by atoms with Crippen LogP contribution in [-0.2, 0) is 17.8 Å². The molecule has 1 aromatic heterocycles. The SMILES string of the molecule is CCCCn1c(SCC(=O)N[C@@H]2CCCc3ccccc32)nc2ccccc2c1=O. The monoisotopic (exact) mass is 421 g/mol. The Hall–Kier alpha value is -2.60. The summed E-state index contributed by atoms with van der Waals surface area (Å²) in [6, 6.07) is 15.8. The van der Waals surface area contributed by atoms with Gasteiger partial charge >= 0.3 is 0 Å². The van der Waals surface area contributed by atoms with Gasteiger partial charge in [-0.15, -0.1) is 0 Å². The predicted octanol–water partition coefficient (Wildman–Crippen LogP) is 4.48. The number of aromatic nitrogens is 2. The van der Waals surface area contributed by atoms with Crippen molar-refractivity contribution in [3.8, 4) is 0 Å². The number of nitrogens with one attached hydrogen (secondary N) is 1. The summed E-state index contributed by atoms with van der Waals surface area (Å²) in [7, 11) is 0. The van der Waals surface area contributed by atoms with Gasteiger partial charge in [0.15, 0.2) is 5.16 Å². The van der Waals surface area contributed by atoms with E-state index in [0.29, 0.717) is 22.6 Å². The van der Waals surface area contributed by atoms with Crippen molar-refractivity contribution in [3.05, 3.63) is 70.0 Å². The molecule has 4 rings (SSSR count). The standard InChI is InChI=1S/C24H27N3O2S/c1-2-3-15-27-23(29)19-12-6-7-13-21(19)26-24(27)30-16-22(28)25-20-14-8-10-17-9-4-5-11-18(17)20/h4-7,9,11-13,20H,2-3,8,10,14-16H2,1H3,(H,25,28)/t20-/m1/s1. The van der Waals surface area contributed by atoms with Crippen LogP contribution >= 0.6 is 11.8 Å². The van der Waals surface area contributed by atoms with Gasteiger partial charge in [-0.25, -0.2) is 4.98 Å². The Labute approximate surface area is 180 Å². The highest BCUT2D eigenvalue weighted by Gasteiger charge is 2.22. The molecule has 0 bridgehead atoms. The van der Waals surface area contributed by atoms with Crippen LogP contribution in [0.25, 0.3) is 10.9 Å². The molecular weight excluding hydrogens is 394 g/mol. The number of hydrogen-bond acceptors (Lipinski definition) is 4. The first kappa shape index (κ1) is 20.7. The quantitative estimate of drug-likeness (QED) is 0.451. The maximum absolute atomic E-state index is 13.0. The van der Waals surface area contributed by atoms with Crippen molar-refractivity contribution >= 4 is 28.6 Å². The molecule has 0 saturated heterocycles. The van der Waals surface area contributed by atoms with E-state index in [1.807, 2.05) is 30.3 Å². The van der Waals surface area contributed by atoms with Gasteiger partial charge in [0.05, 0.1) is 22.7 Å². The largest absolute Gasteiger partial charge is 0.349 e. The van der Waals surface area contributed by atoms with Gasteiger partial charge in [-0.1, -0.05) is 61.5 Å². The topological polar surface area (TPSA) is 64.0 Å². The third-order valence-electron chi connectivity index (χ3n) is 5.60. The molecule has 1 amide bonds. The van der Waals surface area contributed by atoms with Crippen LogP contribution in [0, 0.1) is 0 Å². The minimum Gasteiger partial charge on any atom is -0.349 e. The normalized spacial score (nSPS) is 15.7. The molecule has 6 heteroatoms. The summed E-state index contributed by atoms with van der Waals surface area (Å²) in [6.45, 7) is 2.72. The second-order valence-electron chi connectivity index (χ2n) is 7.72. The Bertz CT molecular complexity index is 1110. The summed E-state index contributed by atoms with van der Waals surface area (Å²) in [5, 5.41) is 4.43. The fourth-order valence-corrected chi connectivity index (χ4v) is 4.88. The highest BCUT2D eigenvalue weighted by molar-refractivity contribution is 7.99. The van der Waals surface area contributed by atoms with Gasteiger partial charge in [0.25, 0.3) is 5.56 Å². The number of amides is 1. The molecule has 0 fully saturated rings. The molecule has 2 aromatic carbocycles. The van der Waals surface area contributed by atoms with E-state index in [2.05, 4.69) is 35.4 Å². The highest BCUT2D eigenvalue weighted by Crippen LogP contribution is 2.29. The number of para-hydroxylation sites is 1. The molecule has 0 spiro atoms. The lowest BCUT2D eigenvalue weighted by Crippen LogP contribution is -2.32. The van der Waals surface area contributed by atoms with Crippen LogP contribution in [0.2, 0.25) is 0 Å². The molecule has 3 aromatic rings. The Kier molecular flexibility index (Phi) is 6.53. The smallest absolute Gasteiger partial charge is 0.262 e. The van der Waals surface area contributed by atoms with Crippen molar-refractivity contribution in [1.82, 2.24) is 14.9 Å². The molecule has 1 aliphatic rings. The number of nitrogens with zero attached hydrogens (tertiary/aromatic N) is 2. The van der Waals surface area contributed by atoms with E-state index in [4.69, 9.17) is 0 Å². The van der Waals surface area contributed by atoms with E-state index in [1.165, 1.54) is 22.9 Å². The third kappa shape index (κ3) is 4.43. The van der Waals surface area contributed by atoms with Crippen molar-refractivity contribution in [3.63, 3.8) is 0 Å². The number of benzene rings is 2. The van der Waals surface area contributed by atoms with Crippen LogP contribution in [0.3, 0.4) is 0 Å². The summed E-state index contributed by atoms with van der Waals surface area (Å²) in [6.07, 6.45) is 5.01. The van der Waals surface area contributed by atoms with Gasteiger partial charge in [-0.3, -0.25) is 14.2 Å². The van der Waals surface area contributed by atoms with Gasteiger partial charge < -0.3 is 5.32 Å². The van der Waals surface area contributed by atoms with Gasteiger partial charge in [0.2, 0.25) is 5.91 Å². The van der Waals surface area contributed by atoms with Crippen LogP contribution in [-0.4, -0.2) is 21.2 Å². The van der Waals surface area contributed by atoms with Crippen molar-refractivity contribution in [1.29, 1.82) is 0 Å². The first-order valence-electron chi connectivity index (χ1n) is 10.7. The van der Waals surface area contributed by atoms with Crippen LogP contribution < -0.4 is 10.9 Å². The summed E-state index contributed by atoms with van der Waals surface area (Å²) >= 11 is 1.34. The van der Waals surface area contributed by atoms with E-state index < -0.39 is 0 Å². The minimum absolute atomic E-state index is 0.0221. The van der Waals surface area contributed by atoms with Crippen molar-refractivity contribution in [2.24, 2.45) is 0 Å².